The Hall–Kier alpha value is -1.81. The number of nitrogens with zero attached hydrogens (tertiary/aromatic N) is 1. The van der Waals surface area contributed by atoms with Gasteiger partial charge in [0.05, 0.1) is 19.3 Å². The van der Waals surface area contributed by atoms with Gasteiger partial charge >= 0.3 is 0 Å². The van der Waals surface area contributed by atoms with Gasteiger partial charge in [-0.25, -0.2) is 0 Å². The summed E-state index contributed by atoms with van der Waals surface area (Å²) in [4.78, 5) is 12.3. The Labute approximate surface area is 106 Å². The van der Waals surface area contributed by atoms with E-state index in [1.165, 1.54) is 0 Å². The molecule has 0 saturated carbocycles. The molecule has 4 heteroatoms. The minimum atomic E-state index is -0.0574. The predicted octanol–water partition coefficient (Wildman–Crippen LogP) is 2.01. The van der Waals surface area contributed by atoms with Crippen LogP contribution in [-0.4, -0.2) is 17.3 Å². The first kappa shape index (κ1) is 12.6. The molecule has 1 heterocycles. The molecule has 0 unspecified atom stereocenters. The molecule has 0 aliphatic rings. The first-order valence-electron chi connectivity index (χ1n) is 6.09. The molecule has 0 radical (unpaired) electrons. The fraction of sp³-hybridized carbons (Fsp3) is 0.357. The van der Waals surface area contributed by atoms with E-state index in [0.717, 1.165) is 5.39 Å². The molecule has 0 aliphatic heterocycles. The van der Waals surface area contributed by atoms with Crippen LogP contribution < -0.4 is 11.3 Å². The van der Waals surface area contributed by atoms with Gasteiger partial charge in [-0.05, 0) is 31.4 Å². The second-order valence-electron chi connectivity index (χ2n) is 4.53. The maximum absolute atomic E-state index is 12.3. The molecule has 0 amide bonds. The van der Waals surface area contributed by atoms with E-state index in [1.54, 1.807) is 4.57 Å². The molecule has 18 heavy (non-hydrogen) atoms. The highest BCUT2D eigenvalue weighted by Crippen LogP contribution is 2.13. The molecular formula is C14H18N2O2. The van der Waals surface area contributed by atoms with Gasteiger partial charge in [0.1, 0.15) is 5.82 Å². The van der Waals surface area contributed by atoms with E-state index in [9.17, 15) is 4.79 Å². The van der Waals surface area contributed by atoms with Gasteiger partial charge < -0.3 is 10.5 Å². The number of benzene rings is 1. The number of hydrogen-bond donors (Lipinski definition) is 1. The quantitative estimate of drug-likeness (QED) is 0.897. The third-order valence-corrected chi connectivity index (χ3v) is 2.82. The van der Waals surface area contributed by atoms with Crippen LogP contribution in [0.25, 0.3) is 10.8 Å². The van der Waals surface area contributed by atoms with Crippen molar-refractivity contribution in [2.24, 2.45) is 0 Å². The predicted molar refractivity (Wildman–Crippen MR) is 73.7 cm³/mol. The van der Waals surface area contributed by atoms with E-state index in [1.807, 2.05) is 44.2 Å². The van der Waals surface area contributed by atoms with Gasteiger partial charge in [0, 0.05) is 5.39 Å². The smallest absolute Gasteiger partial charge is 0.260 e. The molecule has 0 aliphatic carbocycles. The summed E-state index contributed by atoms with van der Waals surface area (Å²) in [7, 11) is 0. The highest BCUT2D eigenvalue weighted by Gasteiger charge is 2.06. The Kier molecular flexibility index (Phi) is 3.67. The summed E-state index contributed by atoms with van der Waals surface area (Å²) in [6, 6.07) is 9.29. The van der Waals surface area contributed by atoms with Crippen molar-refractivity contribution in [2.45, 2.75) is 26.5 Å². The first-order valence-corrected chi connectivity index (χ1v) is 6.09. The van der Waals surface area contributed by atoms with Gasteiger partial charge in [-0.15, -0.1) is 0 Å². The lowest BCUT2D eigenvalue weighted by Gasteiger charge is -2.12. The maximum atomic E-state index is 12.3. The van der Waals surface area contributed by atoms with Crippen LogP contribution >= 0.6 is 0 Å². The topological polar surface area (TPSA) is 57.2 Å². The molecule has 1 aromatic carbocycles. The summed E-state index contributed by atoms with van der Waals surface area (Å²) < 4.78 is 7.01. The number of nitrogens with two attached hydrogens (primary N) is 1. The third kappa shape index (κ3) is 2.54. The van der Waals surface area contributed by atoms with Gasteiger partial charge in [-0.1, -0.05) is 18.2 Å². The molecular weight excluding hydrogens is 228 g/mol. The number of anilines is 1. The fourth-order valence-electron chi connectivity index (χ4n) is 1.93. The van der Waals surface area contributed by atoms with Crippen LogP contribution in [0.1, 0.15) is 13.8 Å². The third-order valence-electron chi connectivity index (χ3n) is 2.82. The second-order valence-corrected chi connectivity index (χ2v) is 4.53. The number of fused-ring (bicyclic) bond motifs is 1. The molecule has 1 aromatic heterocycles. The summed E-state index contributed by atoms with van der Waals surface area (Å²) in [5.74, 6) is 0.478. The van der Waals surface area contributed by atoms with Crippen LogP contribution in [0.2, 0.25) is 0 Å². The monoisotopic (exact) mass is 246 g/mol. The summed E-state index contributed by atoms with van der Waals surface area (Å²) in [5.41, 5.74) is 5.85. The SMILES string of the molecule is CC(C)OCCn1c(N)cc2ccccc2c1=O. The van der Waals surface area contributed by atoms with Crippen LogP contribution in [-0.2, 0) is 11.3 Å². The van der Waals surface area contributed by atoms with Gasteiger partial charge in [-0.2, -0.15) is 0 Å². The average molecular weight is 246 g/mol. The summed E-state index contributed by atoms with van der Waals surface area (Å²) in [5, 5.41) is 1.57. The van der Waals surface area contributed by atoms with Crippen LogP contribution in [0.5, 0.6) is 0 Å². The molecule has 96 valence electrons. The largest absolute Gasteiger partial charge is 0.385 e. The molecule has 0 saturated heterocycles. The standard InChI is InChI=1S/C14H18N2O2/c1-10(2)18-8-7-16-13(15)9-11-5-3-4-6-12(11)14(16)17/h3-6,9-10H,7-8,15H2,1-2H3. The van der Waals surface area contributed by atoms with Gasteiger partial charge in [0.15, 0.2) is 0 Å². The number of aromatic nitrogens is 1. The summed E-state index contributed by atoms with van der Waals surface area (Å²) >= 11 is 0. The molecule has 0 atom stereocenters. The summed E-state index contributed by atoms with van der Waals surface area (Å²) in [6.45, 7) is 4.90. The van der Waals surface area contributed by atoms with Gasteiger partial charge in [-0.3, -0.25) is 9.36 Å². The van der Waals surface area contributed by atoms with Crippen molar-refractivity contribution in [3.05, 3.63) is 40.7 Å². The van der Waals surface area contributed by atoms with Crippen molar-refractivity contribution >= 4 is 16.6 Å². The Morgan fingerprint density at radius 2 is 2.06 bits per heavy atom. The zero-order valence-corrected chi connectivity index (χ0v) is 10.7. The van der Waals surface area contributed by atoms with Crippen LogP contribution in [0.15, 0.2) is 35.1 Å². The average Bonchev–Trinajstić information content (AvgIpc) is 2.33. The molecule has 2 aromatic rings. The van der Waals surface area contributed by atoms with Crippen LogP contribution in [0.3, 0.4) is 0 Å². The molecule has 0 bridgehead atoms. The van der Waals surface area contributed by atoms with E-state index in [0.29, 0.717) is 24.4 Å². The van der Waals surface area contributed by atoms with Crippen molar-refractivity contribution in [2.75, 3.05) is 12.3 Å². The Bertz CT molecular complexity index is 602. The van der Waals surface area contributed by atoms with E-state index >= 15 is 0 Å². The number of hydrogen-bond acceptors (Lipinski definition) is 3. The molecule has 2 N–H and O–H groups in total. The lowest BCUT2D eigenvalue weighted by molar-refractivity contribution is 0.0726. The number of nitrogen functional groups attached to an aromatic ring is 1. The van der Waals surface area contributed by atoms with E-state index in [4.69, 9.17) is 10.5 Å². The fourth-order valence-corrected chi connectivity index (χ4v) is 1.93. The number of ether oxygens (including phenoxy) is 1. The molecule has 4 nitrogen and oxygen atoms in total. The Morgan fingerprint density at radius 1 is 1.33 bits per heavy atom. The zero-order chi connectivity index (χ0) is 13.1. The maximum Gasteiger partial charge on any atom is 0.260 e. The van der Waals surface area contributed by atoms with Crippen LogP contribution in [0.4, 0.5) is 5.82 Å². The van der Waals surface area contributed by atoms with E-state index in [-0.39, 0.29) is 11.7 Å². The number of pyridine rings is 1. The summed E-state index contributed by atoms with van der Waals surface area (Å²) in [6.07, 6.45) is 0.155. The molecule has 2 rings (SSSR count). The minimum absolute atomic E-state index is 0.0574. The first-order chi connectivity index (χ1) is 8.59. The van der Waals surface area contributed by atoms with Crippen molar-refractivity contribution in [3.63, 3.8) is 0 Å². The van der Waals surface area contributed by atoms with Crippen molar-refractivity contribution < 1.29 is 4.74 Å². The lowest BCUT2D eigenvalue weighted by Crippen LogP contribution is -2.25. The highest BCUT2D eigenvalue weighted by molar-refractivity contribution is 5.83. The minimum Gasteiger partial charge on any atom is -0.385 e. The van der Waals surface area contributed by atoms with Gasteiger partial charge in [0.2, 0.25) is 0 Å². The van der Waals surface area contributed by atoms with Gasteiger partial charge in [0.25, 0.3) is 5.56 Å². The Morgan fingerprint density at radius 3 is 2.78 bits per heavy atom. The normalized spacial score (nSPS) is 11.3. The molecule has 0 spiro atoms. The Balaban J connectivity index is 2.35. The van der Waals surface area contributed by atoms with E-state index in [2.05, 4.69) is 0 Å². The van der Waals surface area contributed by atoms with Crippen molar-refractivity contribution in [3.8, 4) is 0 Å². The second kappa shape index (κ2) is 5.23. The zero-order valence-electron chi connectivity index (χ0n) is 10.7. The van der Waals surface area contributed by atoms with Crippen LogP contribution in [0, 0.1) is 0 Å². The van der Waals surface area contributed by atoms with Crippen molar-refractivity contribution in [1.82, 2.24) is 4.57 Å². The lowest BCUT2D eigenvalue weighted by atomic mass is 10.1. The number of rotatable bonds is 4. The highest BCUT2D eigenvalue weighted by atomic mass is 16.5. The van der Waals surface area contributed by atoms with Crippen molar-refractivity contribution in [1.29, 1.82) is 0 Å². The van der Waals surface area contributed by atoms with E-state index < -0.39 is 0 Å². The molecule has 0 fully saturated rings.